The number of H-pyrrole nitrogens is 1. The summed E-state index contributed by atoms with van der Waals surface area (Å²) in [6.07, 6.45) is 7.05. The quantitative estimate of drug-likeness (QED) is 0.410. The molecule has 0 bridgehead atoms. The molecule has 0 amide bonds. The van der Waals surface area contributed by atoms with Gasteiger partial charge >= 0.3 is 0 Å². The second-order valence-corrected chi connectivity index (χ2v) is 8.82. The van der Waals surface area contributed by atoms with E-state index >= 15 is 0 Å². The third kappa shape index (κ3) is 4.74. The highest BCUT2D eigenvalue weighted by Crippen LogP contribution is 2.27. The highest BCUT2D eigenvalue weighted by atomic mass is 32.1. The van der Waals surface area contributed by atoms with Gasteiger partial charge in [0, 0.05) is 41.5 Å². The number of benzene rings is 1. The van der Waals surface area contributed by atoms with Crippen LogP contribution in [0, 0.1) is 11.7 Å². The smallest absolute Gasteiger partial charge is 0.136 e. The first-order valence-corrected chi connectivity index (χ1v) is 10.5. The second-order valence-electron chi connectivity index (χ2n) is 8.34. The van der Waals surface area contributed by atoms with Crippen LogP contribution in [0.3, 0.4) is 0 Å². The minimum absolute atomic E-state index is 0.264. The van der Waals surface area contributed by atoms with Crippen molar-refractivity contribution >= 4 is 23.7 Å². The van der Waals surface area contributed by atoms with Gasteiger partial charge in [0.15, 0.2) is 0 Å². The minimum atomic E-state index is -0.268. The Morgan fingerprint density at radius 2 is 2.03 bits per heavy atom. The molecule has 7 heteroatoms. The van der Waals surface area contributed by atoms with Crippen LogP contribution in [0.5, 0.6) is 0 Å². The maximum atomic E-state index is 12.2. The van der Waals surface area contributed by atoms with Crippen LogP contribution in [0.15, 0.2) is 66.0 Å². The van der Waals surface area contributed by atoms with Crippen LogP contribution in [-0.4, -0.2) is 31.8 Å². The van der Waals surface area contributed by atoms with E-state index in [1.807, 2.05) is 6.20 Å². The molecule has 1 aromatic carbocycles. The number of thiol groups is 1. The summed E-state index contributed by atoms with van der Waals surface area (Å²) in [5, 5.41) is 10.4. The average Bonchev–Trinajstić information content (AvgIpc) is 3.45. The van der Waals surface area contributed by atoms with Crippen LogP contribution in [0.1, 0.15) is 20.3 Å². The number of halogens is 1. The first kappa shape index (κ1) is 20.6. The third-order valence-electron chi connectivity index (χ3n) is 5.39. The largest absolute Gasteiger partial charge is 0.346 e. The molecule has 1 fully saturated rings. The van der Waals surface area contributed by atoms with Gasteiger partial charge < -0.3 is 9.88 Å². The van der Waals surface area contributed by atoms with Gasteiger partial charge in [0.2, 0.25) is 0 Å². The number of rotatable bonds is 3. The fraction of sp³-hybridized carbons (Fsp3) is 0.304. The van der Waals surface area contributed by atoms with Crippen molar-refractivity contribution < 1.29 is 4.39 Å². The molecular formula is C23H26FN5S. The Morgan fingerprint density at radius 1 is 1.20 bits per heavy atom. The Labute approximate surface area is 181 Å². The topological polar surface area (TPSA) is 58.5 Å². The van der Waals surface area contributed by atoms with Gasteiger partial charge in [0.25, 0.3) is 0 Å². The first-order valence-electron chi connectivity index (χ1n) is 10.0. The predicted molar refractivity (Wildman–Crippen MR) is 121 cm³/mol. The molecule has 1 aliphatic heterocycles. The molecule has 5 rings (SSSR count). The van der Waals surface area contributed by atoms with Crippen molar-refractivity contribution in [2.75, 3.05) is 6.54 Å². The van der Waals surface area contributed by atoms with E-state index < -0.39 is 0 Å². The molecule has 1 saturated heterocycles. The minimum Gasteiger partial charge on any atom is -0.346 e. The summed E-state index contributed by atoms with van der Waals surface area (Å²) in [6, 6.07) is 12.7. The zero-order chi connectivity index (χ0) is 21.1. The number of hydrogen-bond donors (Lipinski definition) is 3. The zero-order valence-corrected chi connectivity index (χ0v) is 18.0. The average molecular weight is 424 g/mol. The van der Waals surface area contributed by atoms with Crippen molar-refractivity contribution in [1.29, 1.82) is 0 Å². The van der Waals surface area contributed by atoms with Gasteiger partial charge in [-0.3, -0.25) is 5.10 Å². The molecule has 3 aromatic heterocycles. The Kier molecular flexibility index (Phi) is 5.92. The van der Waals surface area contributed by atoms with E-state index in [0.29, 0.717) is 10.8 Å². The molecule has 0 spiro atoms. The van der Waals surface area contributed by atoms with Gasteiger partial charge in [0.1, 0.15) is 5.82 Å². The number of nitrogens with one attached hydrogen (secondary N) is 2. The molecule has 0 aliphatic carbocycles. The van der Waals surface area contributed by atoms with Gasteiger partial charge in [-0.05, 0) is 56.5 Å². The van der Waals surface area contributed by atoms with E-state index in [1.165, 1.54) is 18.0 Å². The van der Waals surface area contributed by atoms with Crippen LogP contribution in [0.25, 0.3) is 22.3 Å². The van der Waals surface area contributed by atoms with Gasteiger partial charge in [-0.2, -0.15) is 5.10 Å². The van der Waals surface area contributed by atoms with Crippen molar-refractivity contribution in [3.05, 3.63) is 66.9 Å². The zero-order valence-electron chi connectivity index (χ0n) is 17.1. The van der Waals surface area contributed by atoms with Crippen LogP contribution in [0.2, 0.25) is 0 Å². The highest BCUT2D eigenvalue weighted by molar-refractivity contribution is 7.80. The number of fused-ring (bicyclic) bond motifs is 1. The molecule has 5 nitrogen and oxygen atoms in total. The maximum Gasteiger partial charge on any atom is 0.136 e. The number of hydrogen-bond acceptors (Lipinski definition) is 4. The third-order valence-corrected chi connectivity index (χ3v) is 5.76. The summed E-state index contributed by atoms with van der Waals surface area (Å²) in [6.45, 7) is 6.69. The molecule has 1 atom stereocenters. The van der Waals surface area contributed by atoms with E-state index in [-0.39, 0.29) is 11.4 Å². The Balaban J connectivity index is 0.000000230. The number of pyridine rings is 1. The Hall–Kier alpha value is -2.64. The lowest BCUT2D eigenvalue weighted by atomic mass is 9.97. The number of nitrogens with zero attached hydrogens (tertiary/aromatic N) is 3. The normalized spacial score (nSPS) is 17.7. The molecule has 0 radical (unpaired) electrons. The summed E-state index contributed by atoms with van der Waals surface area (Å²) >= 11 is 3.82. The standard InChI is InChI=1S/C17H21N5.C6H5FS/c1-17(2)7-12(8-18-17)11-22-6-5-15-16(22)4-3-14(21-15)13-9-19-20-10-13;7-5-3-1-2-4-6(5)8/h3-6,9-10,12,18H,7-8,11H2,1-2H3,(H,19,20);1-4,8H. The van der Waals surface area contributed by atoms with Gasteiger partial charge in [-0.25, -0.2) is 9.37 Å². The van der Waals surface area contributed by atoms with Gasteiger partial charge in [-0.1, -0.05) is 12.1 Å². The van der Waals surface area contributed by atoms with Crippen molar-refractivity contribution in [3.8, 4) is 11.3 Å². The van der Waals surface area contributed by atoms with Crippen molar-refractivity contribution in [2.45, 2.75) is 37.2 Å². The van der Waals surface area contributed by atoms with E-state index in [9.17, 15) is 4.39 Å². The van der Waals surface area contributed by atoms with E-state index in [1.54, 1.807) is 24.4 Å². The number of aromatic amines is 1. The van der Waals surface area contributed by atoms with Crippen LogP contribution in [-0.2, 0) is 6.54 Å². The lowest BCUT2D eigenvalue weighted by Gasteiger charge is -2.17. The summed E-state index contributed by atoms with van der Waals surface area (Å²) in [4.78, 5) is 5.14. The van der Waals surface area contributed by atoms with Crippen molar-refractivity contribution in [1.82, 2.24) is 25.1 Å². The lowest BCUT2D eigenvalue weighted by Crippen LogP contribution is -2.31. The lowest BCUT2D eigenvalue weighted by molar-refractivity contribution is 0.421. The molecule has 4 heterocycles. The molecule has 1 aliphatic rings. The van der Waals surface area contributed by atoms with Crippen LogP contribution >= 0.6 is 12.6 Å². The predicted octanol–water partition coefficient (Wildman–Crippen LogP) is 4.93. The van der Waals surface area contributed by atoms with Gasteiger partial charge in [-0.15, -0.1) is 12.6 Å². The molecule has 4 aromatic rings. The second kappa shape index (κ2) is 8.62. The first-order chi connectivity index (χ1) is 14.4. The number of aromatic nitrogens is 4. The molecule has 0 saturated carbocycles. The van der Waals surface area contributed by atoms with Crippen LogP contribution in [0.4, 0.5) is 4.39 Å². The Morgan fingerprint density at radius 3 is 2.67 bits per heavy atom. The summed E-state index contributed by atoms with van der Waals surface area (Å²) in [5.74, 6) is 0.412. The van der Waals surface area contributed by atoms with Gasteiger partial charge in [0.05, 0.1) is 22.9 Å². The van der Waals surface area contributed by atoms with Crippen molar-refractivity contribution in [2.24, 2.45) is 5.92 Å². The van der Waals surface area contributed by atoms with E-state index in [0.717, 1.165) is 29.9 Å². The van der Waals surface area contributed by atoms with E-state index in [4.69, 9.17) is 4.98 Å². The molecule has 1 unspecified atom stereocenters. The highest BCUT2D eigenvalue weighted by Gasteiger charge is 2.30. The molecule has 2 N–H and O–H groups in total. The SMILES string of the molecule is CC1(C)CC(Cn2ccc3nc(-c4cn[nH]c4)ccc32)CN1.Fc1ccccc1S. The monoisotopic (exact) mass is 423 g/mol. The maximum absolute atomic E-state index is 12.2. The fourth-order valence-corrected chi connectivity index (χ4v) is 4.09. The summed E-state index contributed by atoms with van der Waals surface area (Å²) in [7, 11) is 0. The van der Waals surface area contributed by atoms with Crippen molar-refractivity contribution in [3.63, 3.8) is 0 Å². The summed E-state index contributed by atoms with van der Waals surface area (Å²) < 4.78 is 14.6. The summed E-state index contributed by atoms with van der Waals surface area (Å²) in [5.41, 5.74) is 4.50. The molecule has 156 valence electrons. The molecule has 30 heavy (non-hydrogen) atoms. The Bertz CT molecular complexity index is 1100. The fourth-order valence-electron chi connectivity index (χ4n) is 3.93. The van der Waals surface area contributed by atoms with Crippen LogP contribution < -0.4 is 5.32 Å². The molecular weight excluding hydrogens is 397 g/mol. The van der Waals surface area contributed by atoms with E-state index in [2.05, 4.69) is 71.0 Å².